The fraction of sp³-hybridized carbons (Fsp3) is 0.278. The van der Waals surface area contributed by atoms with Crippen LogP contribution in [0.2, 0.25) is 0 Å². The van der Waals surface area contributed by atoms with Gasteiger partial charge in [0.15, 0.2) is 5.76 Å². The van der Waals surface area contributed by atoms with Crippen molar-refractivity contribution in [2.45, 2.75) is 30.4 Å². The van der Waals surface area contributed by atoms with E-state index in [9.17, 15) is 4.79 Å². The lowest BCUT2D eigenvalue weighted by Gasteiger charge is -2.30. The maximum Gasteiger partial charge on any atom is 0.284 e. The van der Waals surface area contributed by atoms with Crippen LogP contribution in [0.3, 0.4) is 0 Å². The van der Waals surface area contributed by atoms with Crippen LogP contribution < -0.4 is 0 Å². The largest absolute Gasteiger partial charge is 0.459 e. The highest BCUT2D eigenvalue weighted by atomic mass is 32.2. The highest BCUT2D eigenvalue weighted by Crippen LogP contribution is 2.28. The van der Waals surface area contributed by atoms with Gasteiger partial charge in [0, 0.05) is 13.1 Å². The van der Waals surface area contributed by atoms with Crippen molar-refractivity contribution in [3.05, 3.63) is 53.8 Å². The average Bonchev–Trinajstić information content (AvgIpc) is 3.32. The fourth-order valence-corrected chi connectivity index (χ4v) is 3.67. The first-order chi connectivity index (χ1) is 12.2. The summed E-state index contributed by atoms with van der Waals surface area (Å²) in [5, 5.41) is 8.02. The molecule has 128 valence electrons. The maximum atomic E-state index is 12.7. The molecular formula is C18H17N3O3S. The molecule has 25 heavy (non-hydrogen) atoms. The second-order valence-corrected chi connectivity index (χ2v) is 7.18. The van der Waals surface area contributed by atoms with E-state index in [1.807, 2.05) is 24.0 Å². The van der Waals surface area contributed by atoms with Crippen LogP contribution in [0.5, 0.6) is 0 Å². The van der Waals surface area contributed by atoms with Crippen molar-refractivity contribution in [2.75, 3.05) is 6.54 Å². The topological polar surface area (TPSA) is 72.4 Å². The molecule has 6 nitrogen and oxygen atoms in total. The lowest BCUT2D eigenvalue weighted by molar-refractivity contribution is -0.131. The molecule has 0 N–H and O–H groups in total. The van der Waals surface area contributed by atoms with E-state index in [4.69, 9.17) is 8.83 Å². The van der Waals surface area contributed by atoms with E-state index in [-0.39, 0.29) is 11.2 Å². The number of thioether (sulfide) groups is 1. The molecule has 7 heteroatoms. The van der Waals surface area contributed by atoms with Crippen molar-refractivity contribution in [3.63, 3.8) is 0 Å². The molecule has 0 bridgehead atoms. The van der Waals surface area contributed by atoms with E-state index >= 15 is 0 Å². The molecule has 0 spiro atoms. The number of amides is 1. The first-order valence-electron chi connectivity index (χ1n) is 8.10. The smallest absolute Gasteiger partial charge is 0.284 e. The number of rotatable bonds is 4. The molecule has 1 atom stereocenters. The van der Waals surface area contributed by atoms with Gasteiger partial charge in [0.05, 0.1) is 11.5 Å². The highest BCUT2D eigenvalue weighted by Gasteiger charge is 2.26. The van der Waals surface area contributed by atoms with E-state index < -0.39 is 0 Å². The first-order valence-corrected chi connectivity index (χ1v) is 8.98. The van der Waals surface area contributed by atoms with Crippen molar-refractivity contribution < 1.29 is 13.6 Å². The third-order valence-electron chi connectivity index (χ3n) is 4.21. The number of nitrogens with zero attached hydrogens (tertiary/aromatic N) is 3. The predicted molar refractivity (Wildman–Crippen MR) is 92.9 cm³/mol. The van der Waals surface area contributed by atoms with Crippen LogP contribution in [0, 0.1) is 0 Å². The second kappa shape index (κ2) is 6.76. The van der Waals surface area contributed by atoms with Gasteiger partial charge in [-0.15, -0.1) is 10.2 Å². The Morgan fingerprint density at radius 2 is 2.04 bits per heavy atom. The standard InChI is InChI=1S/C18H17N3O3S/c1-12(25-18-20-19-16(24-18)15-7-4-10-23-15)17(22)21-9-8-13-5-2-3-6-14(13)11-21/h2-7,10,12H,8-9,11H2,1H3. The molecule has 1 aliphatic heterocycles. The Bertz CT molecular complexity index is 875. The Hall–Kier alpha value is -2.54. The summed E-state index contributed by atoms with van der Waals surface area (Å²) in [5.74, 6) is 0.919. The number of carbonyl (C=O) groups excluding carboxylic acids is 1. The molecule has 3 heterocycles. The van der Waals surface area contributed by atoms with Crippen LogP contribution in [0.4, 0.5) is 0 Å². The normalized spacial score (nSPS) is 15.0. The Kier molecular flexibility index (Phi) is 4.31. The number of carbonyl (C=O) groups is 1. The molecule has 0 fully saturated rings. The van der Waals surface area contributed by atoms with Crippen molar-refractivity contribution in [1.29, 1.82) is 0 Å². The molecule has 1 amide bonds. The van der Waals surface area contributed by atoms with Gasteiger partial charge in [0.2, 0.25) is 5.91 Å². The summed E-state index contributed by atoms with van der Waals surface area (Å²) in [6.45, 7) is 3.26. The van der Waals surface area contributed by atoms with Gasteiger partial charge in [-0.25, -0.2) is 0 Å². The van der Waals surface area contributed by atoms with Gasteiger partial charge >= 0.3 is 0 Å². The van der Waals surface area contributed by atoms with Gasteiger partial charge in [0.25, 0.3) is 11.1 Å². The Morgan fingerprint density at radius 1 is 1.20 bits per heavy atom. The molecule has 0 radical (unpaired) electrons. The number of hydrogen-bond donors (Lipinski definition) is 0. The summed E-state index contributed by atoms with van der Waals surface area (Å²) in [6.07, 6.45) is 2.44. The summed E-state index contributed by atoms with van der Waals surface area (Å²) in [5.41, 5.74) is 2.55. The van der Waals surface area contributed by atoms with Crippen molar-refractivity contribution in [3.8, 4) is 11.7 Å². The summed E-state index contributed by atoms with van der Waals surface area (Å²) in [4.78, 5) is 14.6. The molecule has 2 aromatic heterocycles. The van der Waals surface area contributed by atoms with Crippen LogP contribution in [-0.4, -0.2) is 32.8 Å². The van der Waals surface area contributed by atoms with Gasteiger partial charge in [-0.1, -0.05) is 36.0 Å². The molecule has 0 aliphatic carbocycles. The van der Waals surface area contributed by atoms with E-state index in [0.717, 1.165) is 13.0 Å². The summed E-state index contributed by atoms with van der Waals surface area (Å²) < 4.78 is 10.8. The van der Waals surface area contributed by atoms with Crippen LogP contribution >= 0.6 is 11.8 Å². The molecule has 0 saturated heterocycles. The minimum atomic E-state index is -0.296. The van der Waals surface area contributed by atoms with Crippen LogP contribution in [0.1, 0.15) is 18.1 Å². The number of hydrogen-bond acceptors (Lipinski definition) is 6. The zero-order valence-electron chi connectivity index (χ0n) is 13.7. The Morgan fingerprint density at radius 3 is 2.84 bits per heavy atom. The number of fused-ring (bicyclic) bond motifs is 1. The third-order valence-corrected chi connectivity index (χ3v) is 5.13. The lowest BCUT2D eigenvalue weighted by atomic mass is 10.00. The van der Waals surface area contributed by atoms with Crippen LogP contribution in [0.25, 0.3) is 11.7 Å². The Labute approximate surface area is 149 Å². The van der Waals surface area contributed by atoms with Gasteiger partial charge in [-0.2, -0.15) is 0 Å². The molecule has 3 aromatic rings. The molecule has 1 aliphatic rings. The van der Waals surface area contributed by atoms with Crippen molar-refractivity contribution in [2.24, 2.45) is 0 Å². The highest BCUT2D eigenvalue weighted by molar-refractivity contribution is 8.00. The molecule has 1 unspecified atom stereocenters. The molecule has 4 rings (SSSR count). The average molecular weight is 355 g/mol. The lowest BCUT2D eigenvalue weighted by Crippen LogP contribution is -2.40. The molecular weight excluding hydrogens is 338 g/mol. The summed E-state index contributed by atoms with van der Waals surface area (Å²) in [6, 6.07) is 11.8. The van der Waals surface area contributed by atoms with E-state index in [2.05, 4.69) is 22.3 Å². The zero-order chi connectivity index (χ0) is 17.2. The van der Waals surface area contributed by atoms with Gasteiger partial charge < -0.3 is 13.7 Å². The zero-order valence-corrected chi connectivity index (χ0v) is 14.5. The van der Waals surface area contributed by atoms with E-state index in [0.29, 0.717) is 23.4 Å². The minimum Gasteiger partial charge on any atom is -0.459 e. The van der Waals surface area contributed by atoms with E-state index in [1.54, 1.807) is 18.4 Å². The monoisotopic (exact) mass is 355 g/mol. The van der Waals surface area contributed by atoms with Gasteiger partial charge in [-0.05, 0) is 36.6 Å². The van der Waals surface area contributed by atoms with Gasteiger partial charge in [-0.3, -0.25) is 4.79 Å². The fourth-order valence-electron chi connectivity index (χ4n) is 2.90. The minimum absolute atomic E-state index is 0.0808. The van der Waals surface area contributed by atoms with Crippen molar-refractivity contribution in [1.82, 2.24) is 15.1 Å². The predicted octanol–water partition coefficient (Wildman–Crippen LogP) is 3.40. The number of benzene rings is 1. The van der Waals surface area contributed by atoms with Crippen molar-refractivity contribution >= 4 is 17.7 Å². The third kappa shape index (κ3) is 3.32. The molecule has 1 aromatic carbocycles. The maximum absolute atomic E-state index is 12.7. The quantitative estimate of drug-likeness (QED) is 0.668. The second-order valence-electron chi connectivity index (χ2n) is 5.89. The Balaban J connectivity index is 1.41. The summed E-state index contributed by atoms with van der Waals surface area (Å²) >= 11 is 1.27. The SMILES string of the molecule is CC(Sc1nnc(-c2ccco2)o1)C(=O)N1CCc2ccccc2C1. The first kappa shape index (κ1) is 16.0. The van der Waals surface area contributed by atoms with E-state index in [1.165, 1.54) is 22.9 Å². The van der Waals surface area contributed by atoms with Crippen LogP contribution in [0.15, 0.2) is 56.7 Å². The molecule has 0 saturated carbocycles. The number of furan rings is 1. The number of aromatic nitrogens is 2. The summed E-state index contributed by atoms with van der Waals surface area (Å²) in [7, 11) is 0. The van der Waals surface area contributed by atoms with Gasteiger partial charge in [0.1, 0.15) is 0 Å². The van der Waals surface area contributed by atoms with Crippen LogP contribution in [-0.2, 0) is 17.8 Å².